The van der Waals surface area contributed by atoms with Crippen molar-refractivity contribution in [3.05, 3.63) is 75.8 Å². The molecule has 1 atom stereocenters. The van der Waals surface area contributed by atoms with E-state index in [1.165, 1.54) is 0 Å². The summed E-state index contributed by atoms with van der Waals surface area (Å²) in [6.07, 6.45) is 3.36. The van der Waals surface area contributed by atoms with E-state index in [1.54, 1.807) is 23.9 Å². The van der Waals surface area contributed by atoms with E-state index in [-0.39, 0.29) is 11.3 Å². The highest BCUT2D eigenvalue weighted by atomic mass is 35.5. The molecule has 1 aliphatic rings. The van der Waals surface area contributed by atoms with Gasteiger partial charge in [-0.2, -0.15) is 0 Å². The van der Waals surface area contributed by atoms with Gasteiger partial charge >= 0.3 is 0 Å². The first kappa shape index (κ1) is 16.4. The van der Waals surface area contributed by atoms with Gasteiger partial charge in [-0.05, 0) is 35.4 Å². The molecule has 5 heteroatoms. The number of halogens is 2. The molecule has 1 fully saturated rings. The van der Waals surface area contributed by atoms with Crippen molar-refractivity contribution < 1.29 is 4.79 Å². The third kappa shape index (κ3) is 3.92. The maximum absolute atomic E-state index is 12.5. The molecule has 0 aliphatic carbocycles. The molecule has 1 unspecified atom stereocenters. The molecule has 0 bridgehead atoms. The maximum atomic E-state index is 12.5. The van der Waals surface area contributed by atoms with E-state index in [9.17, 15) is 4.79 Å². The summed E-state index contributed by atoms with van der Waals surface area (Å²) in [7, 11) is 0. The molecule has 2 aromatic rings. The zero-order valence-electron chi connectivity index (χ0n) is 12.3. The highest BCUT2D eigenvalue weighted by molar-refractivity contribution is 7.99. The minimum atomic E-state index is -0.00475. The SMILES string of the molecule is O=C(/C=C/c1ccccc1Cl)N1CCSC1c1ccc(Cl)cc1. The fourth-order valence-electron chi connectivity index (χ4n) is 2.47. The summed E-state index contributed by atoms with van der Waals surface area (Å²) in [4.78, 5) is 14.4. The minimum Gasteiger partial charge on any atom is -0.322 e. The molecule has 2 nitrogen and oxygen atoms in total. The van der Waals surface area contributed by atoms with E-state index in [2.05, 4.69) is 0 Å². The van der Waals surface area contributed by atoms with Crippen LogP contribution in [0, 0.1) is 0 Å². The topological polar surface area (TPSA) is 20.3 Å². The van der Waals surface area contributed by atoms with E-state index in [1.807, 2.05) is 53.4 Å². The van der Waals surface area contributed by atoms with Crippen LogP contribution in [-0.4, -0.2) is 23.1 Å². The summed E-state index contributed by atoms with van der Waals surface area (Å²) in [5, 5.41) is 1.38. The van der Waals surface area contributed by atoms with Crippen LogP contribution in [0.2, 0.25) is 10.0 Å². The van der Waals surface area contributed by atoms with E-state index < -0.39 is 0 Å². The number of rotatable bonds is 3. The van der Waals surface area contributed by atoms with Crippen LogP contribution in [0.5, 0.6) is 0 Å². The van der Waals surface area contributed by atoms with Gasteiger partial charge in [-0.15, -0.1) is 11.8 Å². The van der Waals surface area contributed by atoms with Gasteiger partial charge in [-0.25, -0.2) is 0 Å². The van der Waals surface area contributed by atoms with Crippen molar-refractivity contribution in [2.45, 2.75) is 5.37 Å². The average Bonchev–Trinajstić information content (AvgIpc) is 3.04. The Hall–Kier alpha value is -1.42. The zero-order valence-corrected chi connectivity index (χ0v) is 14.6. The highest BCUT2D eigenvalue weighted by Crippen LogP contribution is 2.38. The van der Waals surface area contributed by atoms with E-state index >= 15 is 0 Å². The Morgan fingerprint density at radius 1 is 1.13 bits per heavy atom. The first-order valence-corrected chi connectivity index (χ1v) is 9.06. The van der Waals surface area contributed by atoms with Gasteiger partial charge in [0, 0.05) is 28.4 Å². The Bertz CT molecular complexity index is 730. The lowest BCUT2D eigenvalue weighted by atomic mass is 10.2. The fraction of sp³-hybridized carbons (Fsp3) is 0.167. The third-order valence-electron chi connectivity index (χ3n) is 3.64. The van der Waals surface area contributed by atoms with Gasteiger partial charge in [0.2, 0.25) is 5.91 Å². The van der Waals surface area contributed by atoms with E-state index in [4.69, 9.17) is 23.2 Å². The van der Waals surface area contributed by atoms with Crippen LogP contribution < -0.4 is 0 Å². The predicted molar refractivity (Wildman–Crippen MR) is 98.9 cm³/mol. The van der Waals surface area contributed by atoms with Crippen molar-refractivity contribution in [1.29, 1.82) is 0 Å². The van der Waals surface area contributed by atoms with Crippen LogP contribution in [0.4, 0.5) is 0 Å². The van der Waals surface area contributed by atoms with Crippen molar-refractivity contribution in [1.82, 2.24) is 4.90 Å². The molecule has 2 aromatic carbocycles. The predicted octanol–water partition coefficient (Wildman–Crippen LogP) is 5.28. The Kier molecular flexibility index (Phi) is 5.31. The average molecular weight is 364 g/mol. The van der Waals surface area contributed by atoms with Crippen molar-refractivity contribution in [2.24, 2.45) is 0 Å². The summed E-state index contributed by atoms with van der Waals surface area (Å²) in [5.74, 6) is 0.925. The quantitative estimate of drug-likeness (QED) is 0.691. The van der Waals surface area contributed by atoms with Crippen molar-refractivity contribution >= 4 is 46.9 Å². The molecule has 1 amide bonds. The van der Waals surface area contributed by atoms with Gasteiger partial charge in [0.15, 0.2) is 0 Å². The first-order chi connectivity index (χ1) is 11.1. The maximum Gasteiger partial charge on any atom is 0.247 e. The van der Waals surface area contributed by atoms with E-state index in [0.29, 0.717) is 10.0 Å². The zero-order chi connectivity index (χ0) is 16.2. The number of amides is 1. The Morgan fingerprint density at radius 3 is 2.61 bits per heavy atom. The van der Waals surface area contributed by atoms with Crippen LogP contribution in [0.3, 0.4) is 0 Å². The van der Waals surface area contributed by atoms with Crippen molar-refractivity contribution in [3.8, 4) is 0 Å². The lowest BCUT2D eigenvalue weighted by Gasteiger charge is -2.22. The first-order valence-electron chi connectivity index (χ1n) is 7.25. The van der Waals surface area contributed by atoms with Crippen LogP contribution in [0.15, 0.2) is 54.6 Å². The highest BCUT2D eigenvalue weighted by Gasteiger charge is 2.29. The number of hydrogen-bond donors (Lipinski definition) is 0. The van der Waals surface area contributed by atoms with Crippen LogP contribution >= 0.6 is 35.0 Å². The number of benzene rings is 2. The number of nitrogens with zero attached hydrogens (tertiary/aromatic N) is 1. The Labute approximate surface area is 150 Å². The number of carbonyl (C=O) groups excluding carboxylic acids is 1. The Balaban J connectivity index is 1.76. The summed E-state index contributed by atoms with van der Waals surface area (Å²) in [6.45, 7) is 0.740. The fourth-order valence-corrected chi connectivity index (χ4v) is 4.06. The summed E-state index contributed by atoms with van der Waals surface area (Å²) < 4.78 is 0. The molecular formula is C18H15Cl2NOS. The largest absolute Gasteiger partial charge is 0.322 e. The molecule has 0 radical (unpaired) electrons. The molecule has 0 spiro atoms. The molecule has 0 aromatic heterocycles. The molecule has 118 valence electrons. The number of hydrogen-bond acceptors (Lipinski definition) is 2. The minimum absolute atomic E-state index is 0.00475. The molecule has 0 saturated carbocycles. The Morgan fingerprint density at radius 2 is 1.87 bits per heavy atom. The third-order valence-corrected chi connectivity index (χ3v) is 5.50. The second-order valence-electron chi connectivity index (χ2n) is 5.16. The monoisotopic (exact) mass is 363 g/mol. The normalized spacial score (nSPS) is 17.8. The van der Waals surface area contributed by atoms with E-state index in [0.717, 1.165) is 23.4 Å². The van der Waals surface area contributed by atoms with Gasteiger partial charge in [0.25, 0.3) is 0 Å². The molecule has 1 heterocycles. The summed E-state index contributed by atoms with van der Waals surface area (Å²) in [6, 6.07) is 15.1. The van der Waals surface area contributed by atoms with Crippen molar-refractivity contribution in [3.63, 3.8) is 0 Å². The molecular weight excluding hydrogens is 349 g/mol. The lowest BCUT2D eigenvalue weighted by molar-refractivity contribution is -0.126. The van der Waals surface area contributed by atoms with Gasteiger partial charge in [-0.3, -0.25) is 4.79 Å². The smallest absolute Gasteiger partial charge is 0.247 e. The standard InChI is InChI=1S/C18H15Cl2NOS/c19-15-8-5-14(6-9-15)18-21(11-12-23-18)17(22)10-7-13-3-1-2-4-16(13)20/h1-10,18H,11-12H2/b10-7+. The van der Waals surface area contributed by atoms with Gasteiger partial charge < -0.3 is 4.90 Å². The molecule has 1 saturated heterocycles. The molecule has 1 aliphatic heterocycles. The second kappa shape index (κ2) is 7.43. The molecule has 0 N–H and O–H groups in total. The second-order valence-corrected chi connectivity index (χ2v) is 7.19. The van der Waals surface area contributed by atoms with Crippen LogP contribution in [0.25, 0.3) is 6.08 Å². The summed E-state index contributed by atoms with van der Waals surface area (Å²) >= 11 is 13.8. The van der Waals surface area contributed by atoms with Crippen molar-refractivity contribution in [2.75, 3.05) is 12.3 Å². The number of carbonyl (C=O) groups is 1. The number of thioether (sulfide) groups is 1. The van der Waals surface area contributed by atoms with Gasteiger partial charge in [0.1, 0.15) is 5.37 Å². The van der Waals surface area contributed by atoms with Crippen LogP contribution in [-0.2, 0) is 4.79 Å². The van der Waals surface area contributed by atoms with Gasteiger partial charge in [0.05, 0.1) is 0 Å². The lowest BCUT2D eigenvalue weighted by Crippen LogP contribution is -2.28. The van der Waals surface area contributed by atoms with Crippen LogP contribution in [0.1, 0.15) is 16.5 Å². The molecule has 23 heavy (non-hydrogen) atoms. The molecule has 3 rings (SSSR count). The van der Waals surface area contributed by atoms with Gasteiger partial charge in [-0.1, -0.05) is 53.5 Å². The summed E-state index contributed by atoms with van der Waals surface area (Å²) in [5.41, 5.74) is 1.94.